The highest BCUT2D eigenvalue weighted by Gasteiger charge is 2.55. The van der Waals surface area contributed by atoms with Crippen molar-refractivity contribution in [2.75, 3.05) is 26.4 Å². The first-order valence-corrected chi connectivity index (χ1v) is 14.2. The van der Waals surface area contributed by atoms with Crippen LogP contribution in [0.3, 0.4) is 0 Å². The first kappa shape index (κ1) is 37.6. The van der Waals surface area contributed by atoms with Crippen molar-refractivity contribution in [1.29, 1.82) is 0 Å². The van der Waals surface area contributed by atoms with Crippen molar-refractivity contribution in [3.63, 3.8) is 0 Å². The molecular weight excluding hydrogens is 652 g/mol. The Hall–Kier alpha value is -2.20. The number of hydrogen-bond acceptors (Lipinski definition) is 20. The maximum atomic E-state index is 11.3. The van der Waals surface area contributed by atoms with Gasteiger partial charge in [-0.25, -0.2) is 9.59 Å². The van der Waals surface area contributed by atoms with Crippen molar-refractivity contribution in [1.82, 2.24) is 0 Å². The third kappa shape index (κ3) is 8.34. The molecule has 4 heterocycles. The molecule has 4 aliphatic rings. The predicted molar refractivity (Wildman–Crippen MR) is 138 cm³/mol. The highest BCUT2D eigenvalue weighted by atomic mass is 16.8. The van der Waals surface area contributed by atoms with Crippen molar-refractivity contribution >= 4 is 11.9 Å². The van der Waals surface area contributed by atoms with Gasteiger partial charge in [-0.05, 0) is 6.08 Å². The maximum absolute atomic E-state index is 11.3. The Kier molecular flexibility index (Phi) is 12.5. The van der Waals surface area contributed by atoms with Gasteiger partial charge in [0.2, 0.25) is 17.8 Å². The lowest BCUT2D eigenvalue weighted by atomic mass is 9.96. The second-order valence-corrected chi connectivity index (χ2v) is 11.1. The van der Waals surface area contributed by atoms with Gasteiger partial charge in [0.1, 0.15) is 73.8 Å². The van der Waals surface area contributed by atoms with E-state index in [0.29, 0.717) is 6.08 Å². The van der Waals surface area contributed by atoms with Gasteiger partial charge in [-0.2, -0.15) is 0 Å². The fourth-order valence-corrected chi connectivity index (χ4v) is 5.23. The van der Waals surface area contributed by atoms with Gasteiger partial charge < -0.3 is 99.2 Å². The van der Waals surface area contributed by atoms with E-state index in [-0.39, 0.29) is 0 Å². The number of carbonyl (C=O) groups is 2. The molecule has 0 aromatic carbocycles. The van der Waals surface area contributed by atoms with E-state index in [4.69, 9.17) is 48.1 Å². The average molecular weight is 691 g/mol. The van der Waals surface area contributed by atoms with Gasteiger partial charge in [0, 0.05) is 6.42 Å². The summed E-state index contributed by atoms with van der Waals surface area (Å²) in [6, 6.07) is 0. The number of rotatable bonds is 12. The zero-order valence-electron chi connectivity index (χ0n) is 24.2. The second-order valence-electron chi connectivity index (χ2n) is 11.1. The Balaban J connectivity index is 1.43. The Morgan fingerprint density at radius 2 is 1.53 bits per heavy atom. The molecule has 3 saturated heterocycles. The van der Waals surface area contributed by atoms with Crippen molar-refractivity contribution in [3.05, 3.63) is 11.8 Å². The molecule has 12 N–H and O–H groups in total. The number of aliphatic hydroxyl groups is 10. The highest BCUT2D eigenvalue weighted by Crippen LogP contribution is 2.37. The molecule has 0 aliphatic carbocycles. The fourth-order valence-electron chi connectivity index (χ4n) is 5.23. The highest BCUT2D eigenvalue weighted by molar-refractivity contribution is 5.84. The van der Waals surface area contributed by atoms with Crippen LogP contribution >= 0.6 is 0 Å². The Bertz CT molecular complexity index is 1110. The molecular formula is C25H38O22. The molecule has 22 heteroatoms. The Morgan fingerprint density at radius 1 is 0.830 bits per heavy atom. The fraction of sp³-hybridized carbons (Fsp3) is 0.840. The first-order valence-electron chi connectivity index (χ1n) is 14.2. The van der Waals surface area contributed by atoms with Gasteiger partial charge in [0.15, 0.2) is 18.9 Å². The molecule has 0 aromatic rings. The van der Waals surface area contributed by atoms with Crippen molar-refractivity contribution in [2.24, 2.45) is 0 Å². The summed E-state index contributed by atoms with van der Waals surface area (Å²) in [6.07, 6.45) is -26.9. The number of hydrogen-bond donors (Lipinski definition) is 12. The van der Waals surface area contributed by atoms with Crippen molar-refractivity contribution < 1.29 is 109 Å². The van der Waals surface area contributed by atoms with Gasteiger partial charge in [-0.15, -0.1) is 0 Å². The van der Waals surface area contributed by atoms with E-state index in [9.17, 15) is 60.7 Å². The maximum Gasteiger partial charge on any atom is 0.371 e. The minimum Gasteiger partial charge on any atom is -0.480 e. The van der Waals surface area contributed by atoms with Gasteiger partial charge in [0.25, 0.3) is 0 Å². The van der Waals surface area contributed by atoms with E-state index in [0.717, 1.165) is 0 Å². The number of carboxylic acid groups (broad SMARTS) is 2. The molecule has 0 saturated carbocycles. The van der Waals surface area contributed by atoms with Crippen LogP contribution in [-0.2, 0) is 47.5 Å². The minimum absolute atomic E-state index is 0.506. The average Bonchev–Trinajstić information content (AvgIpc) is 3.01. The van der Waals surface area contributed by atoms with E-state index in [2.05, 4.69) is 0 Å². The zero-order chi connectivity index (χ0) is 34.8. The van der Waals surface area contributed by atoms with Crippen LogP contribution in [0.15, 0.2) is 11.8 Å². The monoisotopic (exact) mass is 690 g/mol. The zero-order valence-corrected chi connectivity index (χ0v) is 24.2. The van der Waals surface area contributed by atoms with Gasteiger partial charge in [-0.3, -0.25) is 0 Å². The molecule has 0 bridgehead atoms. The predicted octanol–water partition coefficient (Wildman–Crippen LogP) is -7.40. The van der Waals surface area contributed by atoms with Gasteiger partial charge >= 0.3 is 11.9 Å². The number of aliphatic carboxylic acids is 2. The van der Waals surface area contributed by atoms with Crippen LogP contribution in [0.2, 0.25) is 0 Å². The van der Waals surface area contributed by atoms with E-state index in [1.165, 1.54) is 0 Å². The van der Waals surface area contributed by atoms with Crippen LogP contribution < -0.4 is 0 Å². The smallest absolute Gasteiger partial charge is 0.371 e. The summed E-state index contributed by atoms with van der Waals surface area (Å²) >= 11 is 0. The third-order valence-corrected chi connectivity index (χ3v) is 7.74. The summed E-state index contributed by atoms with van der Waals surface area (Å²) in [5.74, 6) is -6.54. The molecule has 0 spiro atoms. The quantitative estimate of drug-likeness (QED) is 0.0846. The summed E-state index contributed by atoms with van der Waals surface area (Å²) in [4.78, 5) is 22.0. The summed E-state index contributed by atoms with van der Waals surface area (Å²) in [6.45, 7) is -3.26. The topological polar surface area (TPSA) is 351 Å². The van der Waals surface area contributed by atoms with Crippen LogP contribution in [0.25, 0.3) is 0 Å². The molecule has 0 amide bonds. The number of carboxylic acids is 2. The van der Waals surface area contributed by atoms with Crippen LogP contribution in [-0.4, -0.2) is 198 Å². The number of aliphatic hydroxyl groups excluding tert-OH is 9. The van der Waals surface area contributed by atoms with Crippen LogP contribution in [0.5, 0.6) is 0 Å². The molecule has 3 fully saturated rings. The lowest BCUT2D eigenvalue weighted by molar-refractivity contribution is -0.413. The molecule has 4 rings (SSSR count). The third-order valence-electron chi connectivity index (χ3n) is 7.74. The lowest BCUT2D eigenvalue weighted by Gasteiger charge is -2.49. The molecule has 4 aliphatic heterocycles. The molecule has 0 radical (unpaired) electrons. The number of ether oxygens (including phenoxy) is 8. The molecule has 0 aromatic heterocycles. The van der Waals surface area contributed by atoms with E-state index >= 15 is 0 Å². The summed E-state index contributed by atoms with van der Waals surface area (Å²) in [7, 11) is 0. The van der Waals surface area contributed by atoms with Gasteiger partial charge in [-0.1, -0.05) is 0 Å². The van der Waals surface area contributed by atoms with E-state index in [1.54, 1.807) is 0 Å². The lowest BCUT2D eigenvalue weighted by Crippen LogP contribution is -2.66. The molecule has 16 atom stereocenters. The van der Waals surface area contributed by atoms with Crippen LogP contribution in [0.1, 0.15) is 6.42 Å². The van der Waals surface area contributed by atoms with Crippen LogP contribution in [0.4, 0.5) is 0 Å². The SMILES string of the molecule is O=C(O)COC1OCC(OC2O[C@H](CO)[C@H](O)C(OC3O[C@H](CO)[C@@](O)(OC4OC(C(=O)O)=C[C@H](O)[C@H]4O)C[C@H]3O)[C@H]2O)[C@H](O)[C@H]1O. The van der Waals surface area contributed by atoms with Crippen LogP contribution in [0, 0.1) is 0 Å². The largest absolute Gasteiger partial charge is 0.480 e. The second kappa shape index (κ2) is 15.6. The van der Waals surface area contributed by atoms with E-state index in [1.807, 2.05) is 0 Å². The Labute approximate surface area is 264 Å². The van der Waals surface area contributed by atoms with Gasteiger partial charge in [0.05, 0.1) is 19.8 Å². The molecule has 270 valence electrons. The normalized spacial score (nSPS) is 45.9. The van der Waals surface area contributed by atoms with E-state index < -0.39 is 149 Å². The standard InChI is InChI=1S/C25H38O22/c26-3-10-16(34)19(18(36)23(43-10)44-11-5-40-22(17(35)15(11)33)41-6-13(30)31)46-21-8(29)2-25(39,12(4-27)45-21)47-24-14(32)7(28)1-9(42-24)20(37)38/h1,7-8,10-12,14-19,21-24,26-29,32-36,39H,2-6H2,(H,30,31)(H,37,38)/t7-,8+,10+,11?,12+,14+,15-,16-,17+,18+,19?,21?,22?,23?,24?,25-/m0/s1. The minimum atomic E-state index is -2.70. The Morgan fingerprint density at radius 3 is 2.15 bits per heavy atom. The van der Waals surface area contributed by atoms with Crippen molar-refractivity contribution in [3.8, 4) is 0 Å². The summed E-state index contributed by atoms with van der Waals surface area (Å²) in [5, 5.41) is 122. The summed E-state index contributed by atoms with van der Waals surface area (Å²) < 4.78 is 42.3. The molecule has 6 unspecified atom stereocenters. The first-order chi connectivity index (χ1) is 22.1. The van der Waals surface area contributed by atoms with Crippen molar-refractivity contribution in [2.45, 2.75) is 105 Å². The molecule has 47 heavy (non-hydrogen) atoms. The molecule has 22 nitrogen and oxygen atoms in total. The summed E-state index contributed by atoms with van der Waals surface area (Å²) in [5.41, 5.74) is 0.